The number of ketones is 1. The van der Waals surface area contributed by atoms with Gasteiger partial charge in [-0.1, -0.05) is 30.3 Å². The third kappa shape index (κ3) is 3.64. The molecule has 2 aromatic rings. The molecule has 0 spiro atoms. The molecule has 0 aliphatic heterocycles. The molecule has 0 aliphatic carbocycles. The number of carboxylic acid groups (broad SMARTS) is 1. The molecule has 104 valence electrons. The minimum Gasteiger partial charge on any atom is -0.475 e. The molecule has 0 bridgehead atoms. The number of Topliss-reactive ketones (excluding diaryl/α,β-unsaturated/α-hetero) is 1. The molecular formula is C14H12O5S. The van der Waals surface area contributed by atoms with E-state index in [1.165, 1.54) is 12.1 Å². The lowest BCUT2D eigenvalue weighted by Gasteiger charge is -2.00. The molecule has 1 atom stereocenters. The van der Waals surface area contributed by atoms with E-state index in [2.05, 4.69) is 0 Å². The molecule has 1 unspecified atom stereocenters. The van der Waals surface area contributed by atoms with Crippen LogP contribution in [0, 0.1) is 0 Å². The van der Waals surface area contributed by atoms with E-state index < -0.39 is 16.8 Å². The van der Waals surface area contributed by atoms with E-state index >= 15 is 0 Å². The lowest BCUT2D eigenvalue weighted by Crippen LogP contribution is -2.12. The molecule has 1 aromatic carbocycles. The number of aromatic carboxylic acids is 1. The Bertz CT molecular complexity index is 645. The van der Waals surface area contributed by atoms with Gasteiger partial charge in [-0.3, -0.25) is 9.00 Å². The van der Waals surface area contributed by atoms with Crippen LogP contribution in [-0.2, 0) is 16.6 Å². The molecule has 20 heavy (non-hydrogen) atoms. The van der Waals surface area contributed by atoms with Crippen molar-refractivity contribution < 1.29 is 23.3 Å². The first kappa shape index (κ1) is 14.2. The molecule has 6 heteroatoms. The highest BCUT2D eigenvalue weighted by molar-refractivity contribution is 7.85. The van der Waals surface area contributed by atoms with Gasteiger partial charge < -0.3 is 9.52 Å². The van der Waals surface area contributed by atoms with Crippen LogP contribution in [0.1, 0.15) is 26.7 Å². The number of hydrogen-bond acceptors (Lipinski definition) is 4. The Morgan fingerprint density at radius 3 is 2.40 bits per heavy atom. The van der Waals surface area contributed by atoms with E-state index in [-0.39, 0.29) is 23.0 Å². The average molecular weight is 292 g/mol. The number of carbonyl (C=O) groups excluding carboxylic acids is 1. The summed E-state index contributed by atoms with van der Waals surface area (Å²) < 4.78 is 16.9. The highest BCUT2D eigenvalue weighted by Crippen LogP contribution is 2.11. The van der Waals surface area contributed by atoms with Gasteiger partial charge in [-0.15, -0.1) is 0 Å². The topological polar surface area (TPSA) is 84.6 Å². The third-order valence-electron chi connectivity index (χ3n) is 2.56. The molecule has 0 radical (unpaired) electrons. The number of carbonyl (C=O) groups is 2. The second-order valence-electron chi connectivity index (χ2n) is 4.09. The molecular weight excluding hydrogens is 280 g/mol. The summed E-state index contributed by atoms with van der Waals surface area (Å²) in [5, 5.41) is 8.70. The van der Waals surface area contributed by atoms with Crippen molar-refractivity contribution in [2.45, 2.75) is 5.75 Å². The Morgan fingerprint density at radius 2 is 1.80 bits per heavy atom. The molecule has 0 saturated heterocycles. The largest absolute Gasteiger partial charge is 0.475 e. The first-order valence-electron chi connectivity index (χ1n) is 5.81. The number of rotatable bonds is 6. The van der Waals surface area contributed by atoms with Gasteiger partial charge in [-0.05, 0) is 12.1 Å². The number of carboxylic acids is 1. The monoisotopic (exact) mass is 292 g/mol. The maximum absolute atomic E-state index is 11.9. The highest BCUT2D eigenvalue weighted by Gasteiger charge is 2.14. The van der Waals surface area contributed by atoms with Crippen molar-refractivity contribution in [3.05, 3.63) is 59.5 Å². The second-order valence-corrected chi connectivity index (χ2v) is 5.55. The van der Waals surface area contributed by atoms with Crippen molar-refractivity contribution in [2.24, 2.45) is 0 Å². The Morgan fingerprint density at radius 1 is 1.10 bits per heavy atom. The molecule has 2 rings (SSSR count). The predicted molar refractivity (Wildman–Crippen MR) is 73.2 cm³/mol. The molecule has 0 fully saturated rings. The molecule has 1 aromatic heterocycles. The van der Waals surface area contributed by atoms with E-state index in [9.17, 15) is 13.8 Å². The summed E-state index contributed by atoms with van der Waals surface area (Å²) in [5.41, 5.74) is 0.506. The van der Waals surface area contributed by atoms with E-state index in [1.54, 1.807) is 30.3 Å². The Balaban J connectivity index is 1.95. The van der Waals surface area contributed by atoms with Crippen molar-refractivity contribution in [3.63, 3.8) is 0 Å². The van der Waals surface area contributed by atoms with Gasteiger partial charge in [-0.2, -0.15) is 0 Å². The van der Waals surface area contributed by atoms with Gasteiger partial charge in [0.15, 0.2) is 5.78 Å². The zero-order valence-corrected chi connectivity index (χ0v) is 11.3. The van der Waals surface area contributed by atoms with Crippen LogP contribution in [0.2, 0.25) is 0 Å². The highest BCUT2D eigenvalue weighted by atomic mass is 32.2. The summed E-state index contributed by atoms with van der Waals surface area (Å²) in [6, 6.07) is 11.3. The van der Waals surface area contributed by atoms with Crippen LogP contribution in [0.15, 0.2) is 46.9 Å². The van der Waals surface area contributed by atoms with E-state index in [4.69, 9.17) is 9.52 Å². The summed E-state index contributed by atoms with van der Waals surface area (Å²) in [6.07, 6.45) is 0. The van der Waals surface area contributed by atoms with Crippen molar-refractivity contribution in [2.75, 3.05) is 5.75 Å². The maximum Gasteiger partial charge on any atom is 0.371 e. The molecule has 1 N–H and O–H groups in total. The maximum atomic E-state index is 11.9. The average Bonchev–Trinajstić information content (AvgIpc) is 2.88. The molecule has 0 aliphatic rings. The lowest BCUT2D eigenvalue weighted by atomic mass is 10.2. The zero-order valence-electron chi connectivity index (χ0n) is 10.4. The normalized spacial score (nSPS) is 12.0. The second kappa shape index (κ2) is 6.29. The van der Waals surface area contributed by atoms with Crippen LogP contribution in [0.5, 0.6) is 0 Å². The van der Waals surface area contributed by atoms with Crippen LogP contribution in [0.4, 0.5) is 0 Å². The van der Waals surface area contributed by atoms with Crippen molar-refractivity contribution in [3.8, 4) is 0 Å². The standard InChI is InChI=1S/C14H12O5S/c15-12(10-4-2-1-3-5-10)9-20(18)8-11-6-7-13(19-11)14(16)17/h1-7H,8-9H2,(H,16,17). The predicted octanol–water partition coefficient (Wildman–Crippen LogP) is 2.11. The molecule has 5 nitrogen and oxygen atoms in total. The Kier molecular flexibility index (Phi) is 4.47. The summed E-state index contributed by atoms with van der Waals surface area (Å²) in [7, 11) is -1.44. The lowest BCUT2D eigenvalue weighted by molar-refractivity contribution is 0.0660. The van der Waals surface area contributed by atoms with Crippen LogP contribution in [0.25, 0.3) is 0 Å². The Labute approximate surface area is 117 Å². The van der Waals surface area contributed by atoms with E-state index in [0.717, 1.165) is 0 Å². The van der Waals surface area contributed by atoms with Gasteiger partial charge in [0.05, 0.1) is 11.5 Å². The van der Waals surface area contributed by atoms with Crippen molar-refractivity contribution in [1.82, 2.24) is 0 Å². The first-order valence-corrected chi connectivity index (χ1v) is 7.30. The fraction of sp³-hybridized carbons (Fsp3) is 0.143. The molecule has 0 saturated carbocycles. The quantitative estimate of drug-likeness (QED) is 0.824. The van der Waals surface area contributed by atoms with E-state index in [1.807, 2.05) is 0 Å². The fourth-order valence-corrected chi connectivity index (χ4v) is 2.67. The Hall–Kier alpha value is -2.21. The minimum atomic E-state index is -1.44. The van der Waals surface area contributed by atoms with Gasteiger partial charge in [-0.25, -0.2) is 4.79 Å². The smallest absolute Gasteiger partial charge is 0.371 e. The first-order chi connectivity index (χ1) is 9.56. The van der Waals surface area contributed by atoms with Crippen LogP contribution in [-0.4, -0.2) is 26.8 Å². The van der Waals surface area contributed by atoms with Gasteiger partial charge in [0, 0.05) is 16.4 Å². The third-order valence-corrected chi connectivity index (χ3v) is 3.75. The summed E-state index contributed by atoms with van der Waals surface area (Å²) in [6.45, 7) is 0. The van der Waals surface area contributed by atoms with Crippen LogP contribution < -0.4 is 0 Å². The number of hydrogen-bond donors (Lipinski definition) is 1. The van der Waals surface area contributed by atoms with E-state index in [0.29, 0.717) is 11.3 Å². The summed E-state index contributed by atoms with van der Waals surface area (Å²) in [5.74, 6) is -1.40. The van der Waals surface area contributed by atoms with Crippen LogP contribution in [0.3, 0.4) is 0 Å². The van der Waals surface area contributed by atoms with Crippen molar-refractivity contribution in [1.29, 1.82) is 0 Å². The van der Waals surface area contributed by atoms with Gasteiger partial charge in [0.25, 0.3) is 0 Å². The molecule has 0 amide bonds. The summed E-state index contributed by atoms with van der Waals surface area (Å²) >= 11 is 0. The zero-order chi connectivity index (χ0) is 14.5. The minimum absolute atomic E-state index is 0.0197. The van der Waals surface area contributed by atoms with Gasteiger partial charge >= 0.3 is 5.97 Å². The summed E-state index contributed by atoms with van der Waals surface area (Å²) in [4.78, 5) is 22.5. The number of furan rings is 1. The van der Waals surface area contributed by atoms with Crippen LogP contribution >= 0.6 is 0 Å². The fourth-order valence-electron chi connectivity index (χ4n) is 1.63. The molecule has 1 heterocycles. The van der Waals surface area contributed by atoms with Gasteiger partial charge in [0.1, 0.15) is 5.76 Å². The number of benzene rings is 1. The van der Waals surface area contributed by atoms with Crippen molar-refractivity contribution >= 4 is 22.6 Å². The SMILES string of the molecule is O=C(CS(=O)Cc1ccc(C(=O)O)o1)c1ccccc1. The van der Waals surface area contributed by atoms with Gasteiger partial charge in [0.2, 0.25) is 5.76 Å².